The molecular formula is C19H26N2O4S. The number of hydrogen-bond acceptors (Lipinski definition) is 5. The van der Waals surface area contributed by atoms with Crippen LogP contribution in [0.25, 0.3) is 0 Å². The first kappa shape index (κ1) is 17.8. The number of methoxy groups -OCH3 is 1. The van der Waals surface area contributed by atoms with Crippen LogP contribution in [-0.4, -0.2) is 62.5 Å². The summed E-state index contributed by atoms with van der Waals surface area (Å²) in [5.74, 6) is 0.857. The monoisotopic (exact) mass is 378 g/mol. The number of piperazine rings is 1. The van der Waals surface area contributed by atoms with Gasteiger partial charge in [0.15, 0.2) is 9.84 Å². The van der Waals surface area contributed by atoms with E-state index in [0.717, 1.165) is 18.5 Å². The summed E-state index contributed by atoms with van der Waals surface area (Å²) in [5.41, 5.74) is 0.727. The van der Waals surface area contributed by atoms with E-state index in [1.54, 1.807) is 12.0 Å². The Morgan fingerprint density at radius 2 is 1.81 bits per heavy atom. The van der Waals surface area contributed by atoms with Crippen molar-refractivity contribution in [2.45, 2.75) is 50.2 Å². The Morgan fingerprint density at radius 1 is 1.08 bits per heavy atom. The largest absolute Gasteiger partial charge is 0.497 e. The van der Waals surface area contributed by atoms with E-state index in [2.05, 4.69) is 4.90 Å². The van der Waals surface area contributed by atoms with Crippen molar-refractivity contribution >= 4 is 21.4 Å². The highest BCUT2D eigenvalue weighted by molar-refractivity contribution is 7.91. The number of carbonyl (C=O) groups excluding carboxylic acids is 1. The lowest BCUT2D eigenvalue weighted by atomic mass is 9.91. The van der Waals surface area contributed by atoms with Crippen molar-refractivity contribution in [2.24, 2.45) is 0 Å². The van der Waals surface area contributed by atoms with E-state index in [9.17, 15) is 13.2 Å². The molecule has 2 atom stereocenters. The van der Waals surface area contributed by atoms with Crippen LogP contribution in [0.15, 0.2) is 24.3 Å². The molecule has 0 N–H and O–H groups in total. The van der Waals surface area contributed by atoms with E-state index in [0.29, 0.717) is 18.3 Å². The Balaban J connectivity index is 1.68. The average molecular weight is 378 g/mol. The molecular weight excluding hydrogens is 352 g/mol. The Labute approximate surface area is 155 Å². The lowest BCUT2D eigenvalue weighted by Crippen LogP contribution is -2.64. The van der Waals surface area contributed by atoms with Crippen molar-refractivity contribution in [3.63, 3.8) is 0 Å². The van der Waals surface area contributed by atoms with Gasteiger partial charge in [0.25, 0.3) is 0 Å². The van der Waals surface area contributed by atoms with Gasteiger partial charge in [0, 0.05) is 23.8 Å². The third-order valence-electron chi connectivity index (χ3n) is 6.01. The first-order chi connectivity index (χ1) is 12.5. The molecule has 2 aliphatic heterocycles. The summed E-state index contributed by atoms with van der Waals surface area (Å²) >= 11 is 0. The standard InChI is InChI=1S/C19H26N2O4S/c1-25-16-9-5-8-15(10-16)21-18-13-26(23,24)12-17(18)20(11-19(21)22)14-6-3-2-4-7-14/h5,8-10,14,17-18H,2-4,6-7,11-13H2,1H3/t17-,18-/m0/s1. The predicted molar refractivity (Wildman–Crippen MR) is 100 cm³/mol. The number of anilines is 1. The molecule has 3 fully saturated rings. The zero-order chi connectivity index (χ0) is 18.3. The average Bonchev–Trinajstić information content (AvgIpc) is 2.96. The molecule has 1 saturated carbocycles. The minimum Gasteiger partial charge on any atom is -0.497 e. The molecule has 26 heavy (non-hydrogen) atoms. The zero-order valence-electron chi connectivity index (χ0n) is 15.1. The molecule has 0 spiro atoms. The molecule has 0 unspecified atom stereocenters. The molecule has 7 heteroatoms. The topological polar surface area (TPSA) is 66.9 Å². The molecule has 3 aliphatic rings. The van der Waals surface area contributed by atoms with Gasteiger partial charge in [0.05, 0.1) is 31.2 Å². The summed E-state index contributed by atoms with van der Waals surface area (Å²) in [4.78, 5) is 17.0. The fourth-order valence-electron chi connectivity index (χ4n) is 4.82. The normalized spacial score (nSPS) is 29.6. The smallest absolute Gasteiger partial charge is 0.241 e. The minimum absolute atomic E-state index is 0.0119. The van der Waals surface area contributed by atoms with Crippen molar-refractivity contribution in [2.75, 3.05) is 30.1 Å². The molecule has 2 heterocycles. The Hall–Kier alpha value is -1.60. The van der Waals surface area contributed by atoms with E-state index in [-0.39, 0.29) is 29.5 Å². The second kappa shape index (κ2) is 6.85. The van der Waals surface area contributed by atoms with Crippen molar-refractivity contribution in [3.05, 3.63) is 24.3 Å². The molecule has 4 rings (SSSR count). The second-order valence-corrected chi connectivity index (χ2v) is 9.79. The SMILES string of the molecule is COc1cccc(N2C(=O)CN(C3CCCCC3)[C@H]3CS(=O)(=O)C[C@@H]32)c1. The van der Waals surface area contributed by atoms with Gasteiger partial charge in [0.2, 0.25) is 5.91 Å². The van der Waals surface area contributed by atoms with Crippen LogP contribution >= 0.6 is 0 Å². The van der Waals surface area contributed by atoms with Crippen molar-refractivity contribution in [3.8, 4) is 5.75 Å². The van der Waals surface area contributed by atoms with E-state index >= 15 is 0 Å². The lowest BCUT2D eigenvalue weighted by Gasteiger charge is -2.47. The van der Waals surface area contributed by atoms with Crippen molar-refractivity contribution < 1.29 is 17.9 Å². The number of amides is 1. The summed E-state index contributed by atoms with van der Waals surface area (Å²) in [6.45, 7) is 0.304. The maximum Gasteiger partial charge on any atom is 0.241 e. The van der Waals surface area contributed by atoms with Crippen LogP contribution in [0.3, 0.4) is 0 Å². The molecule has 2 saturated heterocycles. The molecule has 1 amide bonds. The van der Waals surface area contributed by atoms with E-state index in [1.165, 1.54) is 19.3 Å². The van der Waals surface area contributed by atoms with Crippen LogP contribution in [-0.2, 0) is 14.6 Å². The highest BCUT2D eigenvalue weighted by atomic mass is 32.2. The summed E-state index contributed by atoms with van der Waals surface area (Å²) < 4.78 is 30.2. The number of sulfone groups is 1. The van der Waals surface area contributed by atoms with Crippen molar-refractivity contribution in [1.82, 2.24) is 4.90 Å². The van der Waals surface area contributed by atoms with E-state index < -0.39 is 9.84 Å². The van der Waals surface area contributed by atoms with Gasteiger partial charge in [-0.15, -0.1) is 0 Å². The van der Waals surface area contributed by atoms with E-state index in [1.807, 2.05) is 24.3 Å². The highest BCUT2D eigenvalue weighted by Gasteiger charge is 2.51. The van der Waals surface area contributed by atoms with Crippen molar-refractivity contribution in [1.29, 1.82) is 0 Å². The number of nitrogens with zero attached hydrogens (tertiary/aromatic N) is 2. The zero-order valence-corrected chi connectivity index (χ0v) is 16.0. The highest BCUT2D eigenvalue weighted by Crippen LogP contribution is 2.36. The maximum atomic E-state index is 13.0. The van der Waals surface area contributed by atoms with Gasteiger partial charge < -0.3 is 9.64 Å². The van der Waals surface area contributed by atoms with Gasteiger partial charge in [-0.2, -0.15) is 0 Å². The van der Waals surface area contributed by atoms with Crippen LogP contribution < -0.4 is 9.64 Å². The molecule has 142 valence electrons. The molecule has 1 aliphatic carbocycles. The third kappa shape index (κ3) is 3.22. The van der Waals surface area contributed by atoms with E-state index in [4.69, 9.17) is 4.74 Å². The third-order valence-corrected chi connectivity index (χ3v) is 7.71. The summed E-state index contributed by atoms with van der Waals surface area (Å²) in [7, 11) is -1.56. The fraction of sp³-hybridized carbons (Fsp3) is 0.632. The first-order valence-electron chi connectivity index (χ1n) is 9.41. The lowest BCUT2D eigenvalue weighted by molar-refractivity contribution is -0.124. The van der Waals surface area contributed by atoms with Crippen LogP contribution in [0.5, 0.6) is 5.75 Å². The number of ether oxygens (including phenoxy) is 1. The van der Waals surface area contributed by atoms with Crippen LogP contribution in [0.1, 0.15) is 32.1 Å². The molecule has 0 aromatic heterocycles. The summed E-state index contributed by atoms with van der Waals surface area (Å²) in [6.07, 6.45) is 5.70. The number of rotatable bonds is 3. The predicted octanol–water partition coefficient (Wildman–Crippen LogP) is 1.84. The quantitative estimate of drug-likeness (QED) is 0.803. The summed E-state index contributed by atoms with van der Waals surface area (Å²) in [5, 5.41) is 0. The molecule has 0 radical (unpaired) electrons. The Bertz CT molecular complexity index is 788. The number of hydrogen-bond donors (Lipinski definition) is 0. The summed E-state index contributed by atoms with van der Waals surface area (Å²) in [6, 6.07) is 7.26. The first-order valence-corrected chi connectivity index (χ1v) is 11.2. The van der Waals surface area contributed by atoms with Gasteiger partial charge in [-0.05, 0) is 25.0 Å². The number of benzene rings is 1. The number of carbonyl (C=O) groups is 1. The second-order valence-electron chi connectivity index (χ2n) is 7.64. The molecule has 0 bridgehead atoms. The Kier molecular flexibility index (Phi) is 4.69. The van der Waals surface area contributed by atoms with Gasteiger partial charge in [-0.25, -0.2) is 8.42 Å². The molecule has 1 aromatic rings. The van der Waals surface area contributed by atoms with Gasteiger partial charge in [-0.1, -0.05) is 25.3 Å². The molecule has 1 aromatic carbocycles. The van der Waals surface area contributed by atoms with Crippen LogP contribution in [0.2, 0.25) is 0 Å². The van der Waals surface area contributed by atoms with Crippen LogP contribution in [0, 0.1) is 0 Å². The van der Waals surface area contributed by atoms with Gasteiger partial charge >= 0.3 is 0 Å². The van der Waals surface area contributed by atoms with Crippen LogP contribution in [0.4, 0.5) is 5.69 Å². The fourth-order valence-corrected chi connectivity index (χ4v) is 6.78. The minimum atomic E-state index is -3.15. The van der Waals surface area contributed by atoms with Gasteiger partial charge in [-0.3, -0.25) is 9.69 Å². The Morgan fingerprint density at radius 3 is 2.54 bits per heavy atom. The van der Waals surface area contributed by atoms with Gasteiger partial charge in [0.1, 0.15) is 5.75 Å². The molecule has 6 nitrogen and oxygen atoms in total. The number of fused-ring (bicyclic) bond motifs is 1. The maximum absolute atomic E-state index is 13.0.